The van der Waals surface area contributed by atoms with Crippen molar-refractivity contribution in [3.63, 3.8) is 0 Å². The lowest BCUT2D eigenvalue weighted by Crippen LogP contribution is -2.37. The van der Waals surface area contributed by atoms with E-state index in [2.05, 4.69) is 4.98 Å². The molecule has 0 bridgehead atoms. The highest BCUT2D eigenvalue weighted by atomic mass is 35.5. The SMILES string of the molecule is Cc1ccc(C(=O)NS(=O)(=O)c2cnc(N3CCOCC3)c(Cl)c2)cc1. The molecule has 7 nitrogen and oxygen atoms in total. The molecular formula is C17H18ClN3O4S. The van der Waals surface area contributed by atoms with Crippen LogP contribution in [0.4, 0.5) is 5.82 Å². The molecule has 2 aromatic rings. The zero-order chi connectivity index (χ0) is 18.7. The Kier molecular flexibility index (Phi) is 5.45. The van der Waals surface area contributed by atoms with Gasteiger partial charge in [-0.3, -0.25) is 4.79 Å². The van der Waals surface area contributed by atoms with E-state index in [1.54, 1.807) is 24.3 Å². The molecule has 1 N–H and O–H groups in total. The summed E-state index contributed by atoms with van der Waals surface area (Å²) in [6.07, 6.45) is 1.20. The number of anilines is 1. The van der Waals surface area contributed by atoms with Crippen molar-refractivity contribution in [3.05, 3.63) is 52.7 Å². The largest absolute Gasteiger partial charge is 0.378 e. The number of aromatic nitrogens is 1. The second-order valence-corrected chi connectivity index (χ2v) is 7.97. The lowest BCUT2D eigenvalue weighted by Gasteiger charge is -2.28. The summed E-state index contributed by atoms with van der Waals surface area (Å²) in [6.45, 7) is 4.25. The van der Waals surface area contributed by atoms with E-state index in [1.807, 2.05) is 16.5 Å². The maximum Gasteiger partial charge on any atom is 0.265 e. The molecule has 1 amide bonds. The number of carbonyl (C=O) groups is 1. The van der Waals surface area contributed by atoms with Gasteiger partial charge in [-0.25, -0.2) is 18.1 Å². The molecule has 2 heterocycles. The smallest absolute Gasteiger partial charge is 0.265 e. The Hall–Kier alpha value is -2.16. The molecule has 26 heavy (non-hydrogen) atoms. The van der Waals surface area contributed by atoms with Gasteiger partial charge in [0.25, 0.3) is 15.9 Å². The second kappa shape index (κ2) is 7.61. The molecule has 1 aromatic carbocycles. The number of nitrogens with one attached hydrogen (secondary N) is 1. The third kappa shape index (κ3) is 4.14. The number of benzene rings is 1. The summed E-state index contributed by atoms with van der Waals surface area (Å²) < 4.78 is 32.2. The first-order chi connectivity index (χ1) is 12.4. The number of halogens is 1. The molecule has 138 valence electrons. The van der Waals surface area contributed by atoms with E-state index in [9.17, 15) is 13.2 Å². The molecule has 1 saturated heterocycles. The highest BCUT2D eigenvalue weighted by Gasteiger charge is 2.22. The first-order valence-corrected chi connectivity index (χ1v) is 9.85. The summed E-state index contributed by atoms with van der Waals surface area (Å²) in [6, 6.07) is 7.89. The van der Waals surface area contributed by atoms with Crippen molar-refractivity contribution in [2.24, 2.45) is 0 Å². The molecule has 0 atom stereocenters. The van der Waals surface area contributed by atoms with E-state index < -0.39 is 15.9 Å². The van der Waals surface area contributed by atoms with E-state index in [-0.39, 0.29) is 15.5 Å². The Morgan fingerprint density at radius 3 is 2.50 bits per heavy atom. The average molecular weight is 396 g/mol. The monoisotopic (exact) mass is 395 g/mol. The fourth-order valence-corrected chi connectivity index (χ4v) is 3.81. The van der Waals surface area contributed by atoms with Crippen LogP contribution in [0.3, 0.4) is 0 Å². The fraction of sp³-hybridized carbons (Fsp3) is 0.294. The molecular weight excluding hydrogens is 378 g/mol. The number of carbonyl (C=O) groups excluding carboxylic acids is 1. The Morgan fingerprint density at radius 2 is 1.88 bits per heavy atom. The van der Waals surface area contributed by atoms with Gasteiger partial charge in [-0.15, -0.1) is 0 Å². The minimum Gasteiger partial charge on any atom is -0.378 e. The van der Waals surface area contributed by atoms with Gasteiger partial charge in [0.1, 0.15) is 10.7 Å². The summed E-state index contributed by atoms with van der Waals surface area (Å²) in [5, 5.41) is 0.206. The fourth-order valence-electron chi connectivity index (χ4n) is 2.51. The zero-order valence-electron chi connectivity index (χ0n) is 14.1. The Balaban J connectivity index is 1.79. The minimum atomic E-state index is -4.08. The van der Waals surface area contributed by atoms with Gasteiger partial charge in [-0.2, -0.15) is 0 Å². The van der Waals surface area contributed by atoms with Gasteiger partial charge in [0.15, 0.2) is 0 Å². The molecule has 9 heteroatoms. The molecule has 0 saturated carbocycles. The van der Waals surface area contributed by atoms with Crippen LogP contribution >= 0.6 is 11.6 Å². The molecule has 0 radical (unpaired) electrons. The Labute approximate surface area is 157 Å². The summed E-state index contributed by atoms with van der Waals surface area (Å²) in [4.78, 5) is 18.1. The quantitative estimate of drug-likeness (QED) is 0.851. The van der Waals surface area contributed by atoms with Crippen molar-refractivity contribution in [3.8, 4) is 0 Å². The zero-order valence-corrected chi connectivity index (χ0v) is 15.7. The van der Waals surface area contributed by atoms with Gasteiger partial charge < -0.3 is 9.64 Å². The maximum atomic E-state index is 12.5. The molecule has 0 aliphatic carbocycles. The minimum absolute atomic E-state index is 0.167. The number of sulfonamides is 1. The van der Waals surface area contributed by atoms with Crippen molar-refractivity contribution in [1.82, 2.24) is 9.71 Å². The van der Waals surface area contributed by atoms with E-state index in [1.165, 1.54) is 12.3 Å². The molecule has 1 aliphatic heterocycles. The number of hydrogen-bond donors (Lipinski definition) is 1. The number of pyridine rings is 1. The van der Waals surface area contributed by atoms with Crippen LogP contribution in [0.1, 0.15) is 15.9 Å². The van der Waals surface area contributed by atoms with E-state index in [4.69, 9.17) is 16.3 Å². The Morgan fingerprint density at radius 1 is 1.23 bits per heavy atom. The first kappa shape index (κ1) is 18.6. The summed E-state index contributed by atoms with van der Waals surface area (Å²) >= 11 is 6.22. The van der Waals surface area contributed by atoms with Crippen molar-refractivity contribution < 1.29 is 17.9 Å². The van der Waals surface area contributed by atoms with Crippen LogP contribution in [0.5, 0.6) is 0 Å². The lowest BCUT2D eigenvalue weighted by atomic mass is 10.1. The topological polar surface area (TPSA) is 88.6 Å². The predicted octanol–water partition coefficient (Wildman–Crippen LogP) is 2.00. The predicted molar refractivity (Wildman–Crippen MR) is 98.1 cm³/mol. The van der Waals surface area contributed by atoms with Crippen LogP contribution in [-0.4, -0.2) is 45.6 Å². The first-order valence-electron chi connectivity index (χ1n) is 7.99. The van der Waals surface area contributed by atoms with Gasteiger partial charge in [-0.1, -0.05) is 29.3 Å². The van der Waals surface area contributed by atoms with Crippen molar-refractivity contribution >= 4 is 33.3 Å². The summed E-state index contributed by atoms with van der Waals surface area (Å²) in [7, 11) is -4.08. The van der Waals surface area contributed by atoms with Crippen LogP contribution in [0.15, 0.2) is 41.4 Å². The molecule has 1 aliphatic rings. The molecule has 0 unspecified atom stereocenters. The van der Waals surface area contributed by atoms with Crippen LogP contribution in [0, 0.1) is 6.92 Å². The van der Waals surface area contributed by atoms with Crippen LogP contribution in [0.25, 0.3) is 0 Å². The molecule has 1 aromatic heterocycles. The van der Waals surface area contributed by atoms with Crippen LogP contribution < -0.4 is 9.62 Å². The number of aryl methyl sites for hydroxylation is 1. The van der Waals surface area contributed by atoms with Gasteiger partial charge in [0, 0.05) is 24.8 Å². The van der Waals surface area contributed by atoms with E-state index >= 15 is 0 Å². The number of ether oxygens (including phenoxy) is 1. The van der Waals surface area contributed by atoms with Gasteiger partial charge >= 0.3 is 0 Å². The third-order valence-corrected chi connectivity index (χ3v) is 5.53. The van der Waals surface area contributed by atoms with E-state index in [0.29, 0.717) is 32.1 Å². The number of nitrogens with zero attached hydrogens (tertiary/aromatic N) is 2. The van der Waals surface area contributed by atoms with E-state index in [0.717, 1.165) is 5.56 Å². The van der Waals surface area contributed by atoms with Crippen molar-refractivity contribution in [1.29, 1.82) is 0 Å². The highest BCUT2D eigenvalue weighted by Crippen LogP contribution is 2.26. The normalized spacial score (nSPS) is 14.9. The van der Waals surface area contributed by atoms with Crippen LogP contribution in [-0.2, 0) is 14.8 Å². The maximum absolute atomic E-state index is 12.5. The number of amides is 1. The summed E-state index contributed by atoms with van der Waals surface area (Å²) in [5.74, 6) is -0.211. The number of morpholine rings is 1. The average Bonchev–Trinajstić information content (AvgIpc) is 2.62. The van der Waals surface area contributed by atoms with Crippen molar-refractivity contribution in [2.75, 3.05) is 31.2 Å². The Bertz CT molecular complexity index is 910. The highest BCUT2D eigenvalue weighted by molar-refractivity contribution is 7.90. The molecule has 1 fully saturated rings. The third-order valence-electron chi connectivity index (χ3n) is 3.96. The van der Waals surface area contributed by atoms with Gasteiger partial charge in [0.05, 0.1) is 18.2 Å². The van der Waals surface area contributed by atoms with Crippen LogP contribution in [0.2, 0.25) is 5.02 Å². The summed E-state index contributed by atoms with van der Waals surface area (Å²) in [5.41, 5.74) is 1.22. The number of rotatable bonds is 4. The standard InChI is InChI=1S/C17H18ClN3O4S/c1-12-2-4-13(5-3-12)17(22)20-26(23,24)14-10-15(18)16(19-11-14)21-6-8-25-9-7-21/h2-5,10-11H,6-9H2,1H3,(H,20,22). The second-order valence-electron chi connectivity index (χ2n) is 5.88. The number of hydrogen-bond acceptors (Lipinski definition) is 6. The lowest BCUT2D eigenvalue weighted by molar-refractivity contribution is 0.0981. The molecule has 0 spiro atoms. The van der Waals surface area contributed by atoms with Gasteiger partial charge in [-0.05, 0) is 25.1 Å². The van der Waals surface area contributed by atoms with Crippen molar-refractivity contribution in [2.45, 2.75) is 11.8 Å². The van der Waals surface area contributed by atoms with Gasteiger partial charge in [0.2, 0.25) is 0 Å². The molecule has 3 rings (SSSR count).